The summed E-state index contributed by atoms with van der Waals surface area (Å²) in [4.78, 5) is 14.1. The van der Waals surface area contributed by atoms with Gasteiger partial charge in [0.2, 0.25) is 0 Å². The van der Waals surface area contributed by atoms with E-state index < -0.39 is 22.5 Å². The molecule has 3 aromatic carbocycles. The van der Waals surface area contributed by atoms with Crippen molar-refractivity contribution in [2.45, 2.75) is 44.4 Å². The zero-order valence-electron chi connectivity index (χ0n) is 24.7. The number of aromatic nitrogens is 1. The maximum atomic E-state index is 13.7. The SMILES string of the molecule is CCOc1ccc(N(CC(=O)N/N=C/c2cc(C)n(-c3ccc(C)cc3C)c2C)S(=O)(=O)c2ccc(SC)cc2)cc1. The van der Waals surface area contributed by atoms with E-state index in [0.717, 1.165) is 37.4 Å². The Balaban J connectivity index is 1.57. The van der Waals surface area contributed by atoms with Crippen LogP contribution >= 0.6 is 11.8 Å². The number of hydrogen-bond donors (Lipinski definition) is 1. The maximum absolute atomic E-state index is 13.7. The third kappa shape index (κ3) is 6.88. The van der Waals surface area contributed by atoms with Crippen molar-refractivity contribution < 1.29 is 17.9 Å². The molecule has 1 N–H and O–H groups in total. The largest absolute Gasteiger partial charge is 0.494 e. The monoisotopic (exact) mass is 604 g/mol. The third-order valence-electron chi connectivity index (χ3n) is 6.83. The van der Waals surface area contributed by atoms with Crippen molar-refractivity contribution in [3.05, 3.63) is 101 Å². The number of hydrogen-bond acceptors (Lipinski definition) is 6. The number of ether oxygens (including phenoxy) is 1. The number of amides is 1. The van der Waals surface area contributed by atoms with E-state index in [2.05, 4.69) is 47.1 Å². The fraction of sp³-hybridized carbons (Fsp3) is 0.250. The predicted molar refractivity (Wildman–Crippen MR) is 171 cm³/mol. The predicted octanol–water partition coefficient (Wildman–Crippen LogP) is 6.18. The zero-order valence-corrected chi connectivity index (χ0v) is 26.3. The molecule has 0 spiro atoms. The number of rotatable bonds is 11. The summed E-state index contributed by atoms with van der Waals surface area (Å²) < 4.78 is 36.1. The number of nitrogens with zero attached hydrogens (tertiary/aromatic N) is 3. The highest BCUT2D eigenvalue weighted by atomic mass is 32.2. The zero-order chi connectivity index (χ0) is 30.4. The summed E-state index contributed by atoms with van der Waals surface area (Å²) in [5, 5.41) is 4.17. The number of nitrogens with one attached hydrogen (secondary N) is 1. The quantitative estimate of drug-likeness (QED) is 0.125. The molecule has 1 heterocycles. The van der Waals surface area contributed by atoms with Gasteiger partial charge in [-0.1, -0.05) is 17.7 Å². The Kier molecular flexibility index (Phi) is 9.80. The summed E-state index contributed by atoms with van der Waals surface area (Å²) in [6, 6.07) is 21.5. The molecule has 0 saturated heterocycles. The van der Waals surface area contributed by atoms with Gasteiger partial charge in [0.05, 0.1) is 23.4 Å². The molecule has 1 amide bonds. The topological polar surface area (TPSA) is 93.0 Å². The number of carbonyl (C=O) groups is 1. The number of anilines is 1. The summed E-state index contributed by atoms with van der Waals surface area (Å²) in [6.07, 6.45) is 3.50. The number of hydrazone groups is 1. The van der Waals surface area contributed by atoms with Crippen LogP contribution in [0.3, 0.4) is 0 Å². The van der Waals surface area contributed by atoms with Crippen molar-refractivity contribution in [2.75, 3.05) is 23.7 Å². The van der Waals surface area contributed by atoms with E-state index in [1.807, 2.05) is 33.1 Å². The van der Waals surface area contributed by atoms with E-state index in [1.54, 1.807) is 54.7 Å². The Bertz CT molecular complexity index is 1690. The van der Waals surface area contributed by atoms with E-state index in [4.69, 9.17) is 4.74 Å². The standard InChI is InChI=1S/C32H36N4O4S2/c1-7-40-28-11-9-27(10-12-28)35(42(38,39)30-15-13-29(41-6)14-16-30)21-32(37)34-33-20-26-19-24(4)36(25(26)5)31-17-8-22(2)18-23(31)3/h8-20H,7,21H2,1-6H3,(H,34,37)/b33-20+. The Morgan fingerprint density at radius 2 is 1.69 bits per heavy atom. The van der Waals surface area contributed by atoms with Gasteiger partial charge < -0.3 is 9.30 Å². The molecule has 0 fully saturated rings. The van der Waals surface area contributed by atoms with Crippen LogP contribution in [-0.2, 0) is 14.8 Å². The fourth-order valence-corrected chi connectivity index (χ4v) is 6.58. The van der Waals surface area contributed by atoms with Crippen LogP contribution in [0, 0.1) is 27.7 Å². The second-order valence-corrected chi connectivity index (χ2v) is 12.6. The van der Waals surface area contributed by atoms with Gasteiger partial charge in [-0.15, -0.1) is 11.8 Å². The van der Waals surface area contributed by atoms with Crippen LogP contribution in [0.2, 0.25) is 0 Å². The van der Waals surface area contributed by atoms with Gasteiger partial charge in [0.1, 0.15) is 12.3 Å². The van der Waals surface area contributed by atoms with E-state index in [9.17, 15) is 13.2 Å². The molecule has 0 saturated carbocycles. The molecule has 4 rings (SSSR count). The number of aryl methyl sites for hydroxylation is 3. The van der Waals surface area contributed by atoms with Crippen molar-refractivity contribution in [3.8, 4) is 11.4 Å². The summed E-state index contributed by atoms with van der Waals surface area (Å²) >= 11 is 1.52. The summed E-state index contributed by atoms with van der Waals surface area (Å²) in [6.45, 7) is 10.1. The lowest BCUT2D eigenvalue weighted by Crippen LogP contribution is -2.39. The van der Waals surface area contributed by atoms with Gasteiger partial charge in [0, 0.05) is 27.5 Å². The van der Waals surface area contributed by atoms with Crippen molar-refractivity contribution in [1.29, 1.82) is 0 Å². The lowest BCUT2D eigenvalue weighted by atomic mass is 10.1. The van der Waals surface area contributed by atoms with Crippen LogP contribution in [0.15, 0.2) is 87.7 Å². The summed E-state index contributed by atoms with van der Waals surface area (Å²) in [5.74, 6) is 0.0306. The molecule has 0 radical (unpaired) electrons. The molecule has 4 aromatic rings. The van der Waals surface area contributed by atoms with E-state index >= 15 is 0 Å². The molecule has 42 heavy (non-hydrogen) atoms. The number of thioether (sulfide) groups is 1. The molecular weight excluding hydrogens is 569 g/mol. The second-order valence-electron chi connectivity index (χ2n) is 9.86. The molecule has 10 heteroatoms. The van der Waals surface area contributed by atoms with Gasteiger partial charge in [0.15, 0.2) is 0 Å². The van der Waals surface area contributed by atoms with Gasteiger partial charge in [-0.25, -0.2) is 13.8 Å². The van der Waals surface area contributed by atoms with Crippen LogP contribution < -0.4 is 14.5 Å². The lowest BCUT2D eigenvalue weighted by Gasteiger charge is -2.24. The second kappa shape index (κ2) is 13.3. The van der Waals surface area contributed by atoms with E-state index in [1.165, 1.54) is 17.3 Å². The Hall–Kier alpha value is -4.02. The third-order valence-corrected chi connectivity index (χ3v) is 9.36. The van der Waals surface area contributed by atoms with Crippen LogP contribution in [0.25, 0.3) is 5.69 Å². The minimum Gasteiger partial charge on any atom is -0.494 e. The fourth-order valence-electron chi connectivity index (χ4n) is 4.75. The van der Waals surface area contributed by atoms with Crippen LogP contribution in [0.1, 0.15) is 35.0 Å². The summed E-state index contributed by atoms with van der Waals surface area (Å²) in [7, 11) is -4.06. The number of benzene rings is 3. The highest BCUT2D eigenvalue weighted by molar-refractivity contribution is 7.98. The van der Waals surface area contributed by atoms with Crippen LogP contribution in [0.4, 0.5) is 5.69 Å². The molecular formula is C32H36N4O4S2. The first kappa shape index (κ1) is 30.9. The van der Waals surface area contributed by atoms with Gasteiger partial charge in [-0.2, -0.15) is 5.10 Å². The minimum atomic E-state index is -4.06. The van der Waals surface area contributed by atoms with Crippen LogP contribution in [0.5, 0.6) is 5.75 Å². The van der Waals surface area contributed by atoms with Gasteiger partial charge >= 0.3 is 0 Å². The average molecular weight is 605 g/mol. The smallest absolute Gasteiger partial charge is 0.264 e. The van der Waals surface area contributed by atoms with Gasteiger partial charge in [-0.05, 0) is 107 Å². The van der Waals surface area contributed by atoms with Crippen molar-refractivity contribution >= 4 is 39.6 Å². The van der Waals surface area contributed by atoms with Gasteiger partial charge in [0.25, 0.3) is 15.9 Å². The first-order chi connectivity index (χ1) is 20.0. The van der Waals surface area contributed by atoms with E-state index in [0.29, 0.717) is 18.0 Å². The van der Waals surface area contributed by atoms with Gasteiger partial charge in [-0.3, -0.25) is 9.10 Å². The molecule has 0 aliphatic carbocycles. The van der Waals surface area contributed by atoms with Crippen molar-refractivity contribution in [2.24, 2.45) is 5.10 Å². The first-order valence-electron chi connectivity index (χ1n) is 13.5. The molecule has 1 aromatic heterocycles. The maximum Gasteiger partial charge on any atom is 0.264 e. The normalized spacial score (nSPS) is 11.6. The molecule has 0 aliphatic heterocycles. The van der Waals surface area contributed by atoms with Crippen LogP contribution in [-0.4, -0.2) is 44.5 Å². The molecule has 0 unspecified atom stereocenters. The molecule has 8 nitrogen and oxygen atoms in total. The number of sulfonamides is 1. The number of carbonyl (C=O) groups excluding carboxylic acids is 1. The highest BCUT2D eigenvalue weighted by Gasteiger charge is 2.27. The average Bonchev–Trinajstić information content (AvgIpc) is 3.24. The molecule has 220 valence electrons. The minimum absolute atomic E-state index is 0.0873. The van der Waals surface area contributed by atoms with E-state index in [-0.39, 0.29) is 4.90 Å². The van der Waals surface area contributed by atoms with Crippen molar-refractivity contribution in [1.82, 2.24) is 9.99 Å². The summed E-state index contributed by atoms with van der Waals surface area (Å²) in [5.41, 5.74) is 9.14. The molecule has 0 atom stereocenters. The molecule has 0 aliphatic rings. The lowest BCUT2D eigenvalue weighted by molar-refractivity contribution is -0.119. The Morgan fingerprint density at radius 3 is 2.31 bits per heavy atom. The van der Waals surface area contributed by atoms with Crippen molar-refractivity contribution in [3.63, 3.8) is 0 Å². The first-order valence-corrected chi connectivity index (χ1v) is 16.2. The highest BCUT2D eigenvalue weighted by Crippen LogP contribution is 2.27. The molecule has 0 bridgehead atoms. The Labute approximate surface area is 252 Å². The Morgan fingerprint density at radius 1 is 1.00 bits per heavy atom.